The summed E-state index contributed by atoms with van der Waals surface area (Å²) in [5.74, 6) is 5.39. The number of hydrazine groups is 1. The van der Waals surface area contributed by atoms with Gasteiger partial charge in [-0.3, -0.25) is 10.2 Å². The number of hydrogen-bond donors (Lipinski definition) is 2. The Bertz CT molecular complexity index is 567. The van der Waals surface area contributed by atoms with Crippen molar-refractivity contribution in [3.05, 3.63) is 34.9 Å². The van der Waals surface area contributed by atoms with Gasteiger partial charge >= 0.3 is 0 Å². The van der Waals surface area contributed by atoms with E-state index in [1.807, 2.05) is 24.1 Å². The first-order valence-electron chi connectivity index (χ1n) is 7.05. The predicted molar refractivity (Wildman–Crippen MR) is 81.7 cm³/mol. The van der Waals surface area contributed by atoms with E-state index in [1.54, 1.807) is 6.07 Å². The molecule has 2 N–H and O–H groups in total. The maximum atomic E-state index is 12.2. The van der Waals surface area contributed by atoms with Crippen molar-refractivity contribution < 1.29 is 9.90 Å². The summed E-state index contributed by atoms with van der Waals surface area (Å²) in [5, 5.41) is 10.7. The van der Waals surface area contributed by atoms with Crippen LogP contribution in [0.25, 0.3) is 0 Å². The fourth-order valence-corrected chi connectivity index (χ4v) is 2.21. The monoisotopic (exact) mass is 287 g/mol. The molecule has 2 rings (SSSR count). The number of aliphatic hydroxyl groups excluding tert-OH is 1. The van der Waals surface area contributed by atoms with Gasteiger partial charge in [-0.1, -0.05) is 11.8 Å². The average Bonchev–Trinajstić information content (AvgIpc) is 2.48. The lowest BCUT2D eigenvalue weighted by atomic mass is 10.1. The highest BCUT2D eigenvalue weighted by molar-refractivity contribution is 5.94. The molecule has 1 amide bonds. The number of nitrogens with zero attached hydrogens (tertiary/aromatic N) is 2. The Morgan fingerprint density at radius 3 is 2.67 bits per heavy atom. The van der Waals surface area contributed by atoms with E-state index in [9.17, 15) is 4.79 Å². The van der Waals surface area contributed by atoms with E-state index in [-0.39, 0.29) is 12.5 Å². The van der Waals surface area contributed by atoms with Crippen LogP contribution in [0.4, 0.5) is 0 Å². The summed E-state index contributed by atoms with van der Waals surface area (Å²) in [6.45, 7) is 5.33. The van der Waals surface area contributed by atoms with Gasteiger partial charge in [0.2, 0.25) is 0 Å². The summed E-state index contributed by atoms with van der Waals surface area (Å²) in [4.78, 5) is 14.5. The van der Waals surface area contributed by atoms with Crippen LogP contribution in [-0.4, -0.2) is 60.8 Å². The Hall–Kier alpha value is -1.87. The van der Waals surface area contributed by atoms with Gasteiger partial charge in [0.1, 0.15) is 6.61 Å². The quantitative estimate of drug-likeness (QED) is 0.765. The number of aliphatic hydroxyl groups is 1. The molecule has 0 bridgehead atoms. The molecule has 5 nitrogen and oxygen atoms in total. The van der Waals surface area contributed by atoms with Crippen LogP contribution in [0.3, 0.4) is 0 Å². The zero-order valence-corrected chi connectivity index (χ0v) is 12.5. The zero-order chi connectivity index (χ0) is 15.2. The van der Waals surface area contributed by atoms with Crippen molar-refractivity contribution in [1.82, 2.24) is 15.3 Å². The molecule has 1 aliphatic rings. The first kappa shape index (κ1) is 15.5. The van der Waals surface area contributed by atoms with Crippen molar-refractivity contribution in [3.8, 4) is 11.8 Å². The standard InChI is InChI=1S/C16H21N3O2/c1-13-12-15(6-5-14(13)4-3-11-20)16(21)17-19-9-7-18(2)8-10-19/h5-6,12,20H,7-11H2,1-2H3,(H,17,21). The first-order valence-corrected chi connectivity index (χ1v) is 7.05. The molecule has 1 aromatic rings. The minimum atomic E-state index is -0.162. The van der Waals surface area contributed by atoms with E-state index >= 15 is 0 Å². The lowest BCUT2D eigenvalue weighted by molar-refractivity contribution is 0.0662. The number of nitrogens with one attached hydrogen (secondary N) is 1. The second kappa shape index (κ2) is 7.23. The van der Waals surface area contributed by atoms with Crippen LogP contribution in [0.5, 0.6) is 0 Å². The molecule has 0 atom stereocenters. The zero-order valence-electron chi connectivity index (χ0n) is 12.5. The highest BCUT2D eigenvalue weighted by Gasteiger charge is 2.16. The number of piperazine rings is 1. The molecule has 1 aromatic carbocycles. The molecule has 0 aromatic heterocycles. The number of rotatable bonds is 2. The second-order valence-electron chi connectivity index (χ2n) is 5.22. The van der Waals surface area contributed by atoms with E-state index in [0.29, 0.717) is 5.56 Å². The number of amides is 1. The number of aryl methyl sites for hydroxylation is 1. The summed E-state index contributed by atoms with van der Waals surface area (Å²) in [5.41, 5.74) is 5.33. The van der Waals surface area contributed by atoms with Gasteiger partial charge in [0.25, 0.3) is 5.91 Å². The molecule has 0 unspecified atom stereocenters. The smallest absolute Gasteiger partial charge is 0.265 e. The maximum absolute atomic E-state index is 12.2. The van der Waals surface area contributed by atoms with Gasteiger partial charge in [-0.15, -0.1) is 0 Å². The van der Waals surface area contributed by atoms with Crippen molar-refractivity contribution in [2.45, 2.75) is 6.92 Å². The minimum absolute atomic E-state index is 0.0932. The third-order valence-electron chi connectivity index (χ3n) is 3.55. The van der Waals surface area contributed by atoms with Gasteiger partial charge in [0, 0.05) is 37.3 Å². The van der Waals surface area contributed by atoms with Gasteiger partial charge in [-0.2, -0.15) is 0 Å². The van der Waals surface area contributed by atoms with Crippen LogP contribution in [0.15, 0.2) is 18.2 Å². The number of carbonyl (C=O) groups excluding carboxylic acids is 1. The summed E-state index contributed by atoms with van der Waals surface area (Å²) in [6.07, 6.45) is 0. The van der Waals surface area contributed by atoms with Crippen molar-refractivity contribution in [3.63, 3.8) is 0 Å². The Kier molecular flexibility index (Phi) is 5.34. The normalized spacial score (nSPS) is 16.1. The maximum Gasteiger partial charge on any atom is 0.265 e. The van der Waals surface area contributed by atoms with Gasteiger partial charge in [0.15, 0.2) is 0 Å². The minimum Gasteiger partial charge on any atom is -0.384 e. The number of benzene rings is 1. The summed E-state index contributed by atoms with van der Waals surface area (Å²) in [7, 11) is 2.08. The van der Waals surface area contributed by atoms with Gasteiger partial charge in [-0.25, -0.2) is 5.01 Å². The molecule has 21 heavy (non-hydrogen) atoms. The average molecular weight is 287 g/mol. The van der Waals surface area contributed by atoms with Crippen molar-refractivity contribution in [2.24, 2.45) is 0 Å². The number of carbonyl (C=O) groups is 1. The molecule has 0 spiro atoms. The largest absolute Gasteiger partial charge is 0.384 e. The van der Waals surface area contributed by atoms with E-state index < -0.39 is 0 Å². The SMILES string of the molecule is Cc1cc(C(=O)NN2CCN(C)CC2)ccc1C#CCO. The van der Waals surface area contributed by atoms with Gasteiger partial charge in [-0.05, 0) is 37.7 Å². The Morgan fingerprint density at radius 2 is 2.05 bits per heavy atom. The topological polar surface area (TPSA) is 55.8 Å². The van der Waals surface area contributed by atoms with Crippen molar-refractivity contribution in [2.75, 3.05) is 39.8 Å². The molecule has 0 saturated carbocycles. The van der Waals surface area contributed by atoms with Crippen LogP contribution >= 0.6 is 0 Å². The second-order valence-corrected chi connectivity index (χ2v) is 5.22. The third kappa shape index (κ3) is 4.30. The molecule has 5 heteroatoms. The van der Waals surface area contributed by atoms with Crippen LogP contribution in [0.1, 0.15) is 21.5 Å². The number of hydrogen-bond acceptors (Lipinski definition) is 4. The Morgan fingerprint density at radius 1 is 1.33 bits per heavy atom. The summed E-state index contributed by atoms with van der Waals surface area (Å²) in [6, 6.07) is 5.41. The molecule has 0 aliphatic carbocycles. The van der Waals surface area contributed by atoms with E-state index in [0.717, 1.165) is 37.3 Å². The van der Waals surface area contributed by atoms with Crippen molar-refractivity contribution in [1.29, 1.82) is 0 Å². The van der Waals surface area contributed by atoms with Gasteiger partial charge in [0.05, 0.1) is 0 Å². The van der Waals surface area contributed by atoms with E-state index in [1.165, 1.54) is 0 Å². The highest BCUT2D eigenvalue weighted by atomic mass is 16.2. The van der Waals surface area contributed by atoms with Gasteiger partial charge < -0.3 is 10.0 Å². The molecule has 0 radical (unpaired) electrons. The molecule has 1 heterocycles. The molecular formula is C16H21N3O2. The molecule has 1 saturated heterocycles. The molecule has 1 fully saturated rings. The van der Waals surface area contributed by atoms with Crippen LogP contribution < -0.4 is 5.43 Å². The fourth-order valence-electron chi connectivity index (χ4n) is 2.21. The number of likely N-dealkylation sites (N-methyl/N-ethyl adjacent to an activating group) is 1. The van der Waals surface area contributed by atoms with E-state index in [2.05, 4.69) is 29.2 Å². The lowest BCUT2D eigenvalue weighted by Crippen LogP contribution is -2.52. The Balaban J connectivity index is 2.01. The molecule has 1 aliphatic heterocycles. The fraction of sp³-hybridized carbons (Fsp3) is 0.438. The van der Waals surface area contributed by atoms with Crippen LogP contribution in [0, 0.1) is 18.8 Å². The van der Waals surface area contributed by atoms with Crippen LogP contribution in [-0.2, 0) is 0 Å². The summed E-state index contributed by atoms with van der Waals surface area (Å²) < 4.78 is 0. The highest BCUT2D eigenvalue weighted by Crippen LogP contribution is 2.10. The van der Waals surface area contributed by atoms with E-state index in [4.69, 9.17) is 5.11 Å². The Labute approximate surface area is 125 Å². The molecular weight excluding hydrogens is 266 g/mol. The van der Waals surface area contributed by atoms with Crippen LogP contribution in [0.2, 0.25) is 0 Å². The first-order chi connectivity index (χ1) is 10.1. The third-order valence-corrected chi connectivity index (χ3v) is 3.55. The molecule has 112 valence electrons. The predicted octanol–water partition coefficient (Wildman–Crippen LogP) is 0.231. The lowest BCUT2D eigenvalue weighted by Gasteiger charge is -2.32. The van der Waals surface area contributed by atoms with Crippen molar-refractivity contribution >= 4 is 5.91 Å². The summed E-state index contributed by atoms with van der Waals surface area (Å²) >= 11 is 0.